The molecule has 1 aromatic carbocycles. The maximum absolute atomic E-state index is 5.85. The summed E-state index contributed by atoms with van der Waals surface area (Å²) in [6, 6.07) is 5.60. The molecule has 0 fully saturated rings. The molecular formula is C10H8ClN5O. The van der Waals surface area contributed by atoms with Crippen molar-refractivity contribution < 1.29 is 4.42 Å². The molecule has 0 aliphatic heterocycles. The van der Waals surface area contributed by atoms with Crippen LogP contribution in [0.3, 0.4) is 0 Å². The molecule has 0 aliphatic rings. The smallest absolute Gasteiger partial charge is 0.302 e. The number of hydrogen-bond donors (Lipinski definition) is 2. The van der Waals surface area contributed by atoms with Crippen LogP contribution in [0.15, 0.2) is 22.6 Å². The fourth-order valence-electron chi connectivity index (χ4n) is 1.46. The van der Waals surface area contributed by atoms with Crippen LogP contribution in [-0.2, 0) is 0 Å². The molecule has 3 rings (SSSR count). The highest BCUT2D eigenvalue weighted by atomic mass is 35.5. The topological polar surface area (TPSA) is 79.6 Å². The van der Waals surface area contributed by atoms with Crippen molar-refractivity contribution in [2.45, 2.75) is 6.92 Å². The van der Waals surface area contributed by atoms with E-state index in [0.717, 1.165) is 5.52 Å². The van der Waals surface area contributed by atoms with Crippen LogP contribution in [0.4, 0.5) is 12.0 Å². The molecule has 6 nitrogen and oxygen atoms in total. The molecule has 0 amide bonds. The summed E-state index contributed by atoms with van der Waals surface area (Å²) in [6.07, 6.45) is 0. The number of hydrogen-bond acceptors (Lipinski definition) is 5. The first-order valence-corrected chi connectivity index (χ1v) is 5.31. The third-order valence-electron chi connectivity index (χ3n) is 2.18. The Bertz CT molecular complexity index is 674. The summed E-state index contributed by atoms with van der Waals surface area (Å²) in [5.74, 6) is 1.20. The molecule has 0 saturated carbocycles. The Balaban J connectivity index is 1.95. The lowest BCUT2D eigenvalue weighted by molar-refractivity contribution is 0.622. The van der Waals surface area contributed by atoms with Crippen LogP contribution in [-0.4, -0.2) is 20.2 Å². The quantitative estimate of drug-likeness (QED) is 0.730. The first kappa shape index (κ1) is 10.1. The number of nitrogens with one attached hydrogen (secondary N) is 2. The summed E-state index contributed by atoms with van der Waals surface area (Å²) in [5, 5.41) is 11.2. The number of benzene rings is 1. The first-order chi connectivity index (χ1) is 8.20. The molecule has 0 aliphatic carbocycles. The maximum atomic E-state index is 5.85. The number of oxazole rings is 1. The van der Waals surface area contributed by atoms with Crippen LogP contribution in [0, 0.1) is 6.92 Å². The van der Waals surface area contributed by atoms with Gasteiger partial charge in [-0.05, 0) is 19.1 Å². The van der Waals surface area contributed by atoms with Gasteiger partial charge in [-0.3, -0.25) is 5.32 Å². The lowest BCUT2D eigenvalue weighted by atomic mass is 10.3. The minimum atomic E-state index is 0.346. The summed E-state index contributed by atoms with van der Waals surface area (Å²) < 4.78 is 5.47. The molecule has 86 valence electrons. The zero-order valence-electron chi connectivity index (χ0n) is 8.86. The molecule has 0 spiro atoms. The van der Waals surface area contributed by atoms with E-state index in [0.29, 0.717) is 28.4 Å². The van der Waals surface area contributed by atoms with Crippen molar-refractivity contribution >= 4 is 34.7 Å². The fourth-order valence-corrected chi connectivity index (χ4v) is 1.62. The predicted molar refractivity (Wildman–Crippen MR) is 63.4 cm³/mol. The lowest BCUT2D eigenvalue weighted by Crippen LogP contribution is -1.91. The predicted octanol–water partition coefficient (Wildman–Crippen LogP) is 2.65. The van der Waals surface area contributed by atoms with Gasteiger partial charge in [0.2, 0.25) is 5.95 Å². The number of H-pyrrole nitrogens is 1. The molecule has 17 heavy (non-hydrogen) atoms. The second-order valence-electron chi connectivity index (χ2n) is 3.52. The third-order valence-corrected chi connectivity index (χ3v) is 2.41. The largest absolute Gasteiger partial charge is 0.423 e. The normalized spacial score (nSPS) is 10.9. The van der Waals surface area contributed by atoms with Crippen LogP contribution in [0.25, 0.3) is 11.1 Å². The number of anilines is 2. The van der Waals surface area contributed by atoms with Crippen molar-refractivity contribution in [1.82, 2.24) is 20.2 Å². The van der Waals surface area contributed by atoms with Crippen molar-refractivity contribution in [3.8, 4) is 0 Å². The van der Waals surface area contributed by atoms with Crippen LogP contribution in [0.5, 0.6) is 0 Å². The van der Waals surface area contributed by atoms with E-state index in [9.17, 15) is 0 Å². The van der Waals surface area contributed by atoms with E-state index in [1.165, 1.54) is 0 Å². The van der Waals surface area contributed by atoms with E-state index in [1.807, 2.05) is 6.92 Å². The van der Waals surface area contributed by atoms with Gasteiger partial charge in [-0.15, -0.1) is 10.2 Å². The minimum Gasteiger partial charge on any atom is -0.423 e. The van der Waals surface area contributed by atoms with Crippen molar-refractivity contribution in [1.29, 1.82) is 0 Å². The Hall–Kier alpha value is -2.08. The van der Waals surface area contributed by atoms with Crippen LogP contribution in [0.2, 0.25) is 5.02 Å². The van der Waals surface area contributed by atoms with Crippen molar-refractivity contribution in [3.63, 3.8) is 0 Å². The summed E-state index contributed by atoms with van der Waals surface area (Å²) in [7, 11) is 0. The van der Waals surface area contributed by atoms with Gasteiger partial charge in [-0.2, -0.15) is 4.98 Å². The van der Waals surface area contributed by atoms with Crippen molar-refractivity contribution in [2.75, 3.05) is 5.32 Å². The van der Waals surface area contributed by atoms with Gasteiger partial charge in [0.05, 0.1) is 0 Å². The number of nitrogens with zero attached hydrogens (tertiary/aromatic N) is 3. The van der Waals surface area contributed by atoms with E-state index in [-0.39, 0.29) is 0 Å². The Morgan fingerprint density at radius 1 is 1.35 bits per heavy atom. The number of aromatic nitrogens is 4. The van der Waals surface area contributed by atoms with E-state index in [1.54, 1.807) is 18.2 Å². The van der Waals surface area contributed by atoms with Gasteiger partial charge < -0.3 is 9.40 Å². The van der Waals surface area contributed by atoms with Gasteiger partial charge in [-0.1, -0.05) is 11.6 Å². The highest BCUT2D eigenvalue weighted by molar-refractivity contribution is 6.31. The zero-order chi connectivity index (χ0) is 11.8. The second-order valence-corrected chi connectivity index (χ2v) is 3.95. The second kappa shape index (κ2) is 3.74. The standard InChI is InChI=1S/C10H8ClN5O/c1-5-12-9(16-15-5)14-10-13-7-3-2-6(11)4-8(7)17-10/h2-4H,1H3,(H2,12,13,14,15,16). The maximum Gasteiger partial charge on any atom is 0.302 e. The molecule has 0 atom stereocenters. The number of fused-ring (bicyclic) bond motifs is 1. The van der Waals surface area contributed by atoms with Crippen molar-refractivity contribution in [3.05, 3.63) is 29.0 Å². The fraction of sp³-hybridized carbons (Fsp3) is 0.100. The van der Waals surface area contributed by atoms with E-state index < -0.39 is 0 Å². The molecule has 0 saturated heterocycles. The monoisotopic (exact) mass is 249 g/mol. The molecule has 3 aromatic rings. The van der Waals surface area contributed by atoms with E-state index in [2.05, 4.69) is 25.5 Å². The van der Waals surface area contributed by atoms with Gasteiger partial charge in [-0.25, -0.2) is 0 Å². The minimum absolute atomic E-state index is 0.346. The van der Waals surface area contributed by atoms with Gasteiger partial charge in [0, 0.05) is 11.1 Å². The Kier molecular flexibility index (Phi) is 2.22. The molecule has 0 bridgehead atoms. The summed E-state index contributed by atoms with van der Waals surface area (Å²) in [5.41, 5.74) is 1.35. The molecular weight excluding hydrogens is 242 g/mol. The Morgan fingerprint density at radius 2 is 2.24 bits per heavy atom. The van der Waals surface area contributed by atoms with Gasteiger partial charge in [0.1, 0.15) is 11.3 Å². The van der Waals surface area contributed by atoms with E-state index in [4.69, 9.17) is 16.0 Å². The summed E-state index contributed by atoms with van der Waals surface area (Å²) >= 11 is 5.85. The Labute approximate surface area is 101 Å². The van der Waals surface area contributed by atoms with Crippen LogP contribution >= 0.6 is 11.6 Å². The summed E-state index contributed by atoms with van der Waals surface area (Å²) in [6.45, 7) is 1.81. The average molecular weight is 250 g/mol. The molecule has 2 N–H and O–H groups in total. The van der Waals surface area contributed by atoms with Gasteiger partial charge in [0.15, 0.2) is 5.58 Å². The lowest BCUT2D eigenvalue weighted by Gasteiger charge is -1.92. The number of aryl methyl sites for hydroxylation is 1. The van der Waals surface area contributed by atoms with Crippen LogP contribution in [0.1, 0.15) is 5.82 Å². The Morgan fingerprint density at radius 3 is 3.00 bits per heavy atom. The molecule has 2 heterocycles. The highest BCUT2D eigenvalue weighted by Gasteiger charge is 2.08. The van der Waals surface area contributed by atoms with Crippen molar-refractivity contribution in [2.24, 2.45) is 0 Å². The first-order valence-electron chi connectivity index (χ1n) is 4.93. The number of rotatable bonds is 2. The highest BCUT2D eigenvalue weighted by Crippen LogP contribution is 2.23. The average Bonchev–Trinajstić information content (AvgIpc) is 2.84. The molecule has 0 unspecified atom stereocenters. The van der Waals surface area contributed by atoms with Gasteiger partial charge in [0.25, 0.3) is 0 Å². The summed E-state index contributed by atoms with van der Waals surface area (Å²) in [4.78, 5) is 7.16. The third kappa shape index (κ3) is 1.94. The number of aromatic amines is 1. The molecule has 0 radical (unpaired) electrons. The van der Waals surface area contributed by atoms with Crippen LogP contribution < -0.4 is 5.32 Å². The van der Waals surface area contributed by atoms with E-state index >= 15 is 0 Å². The van der Waals surface area contributed by atoms with Gasteiger partial charge >= 0.3 is 6.01 Å². The molecule has 7 heteroatoms. The molecule has 2 aromatic heterocycles. The zero-order valence-corrected chi connectivity index (χ0v) is 9.62. The SMILES string of the molecule is Cc1nnc(Nc2nc3ccc(Cl)cc3o2)[nH]1. The number of halogens is 1.